The molecule has 1 rings (SSSR count). The lowest BCUT2D eigenvalue weighted by Crippen LogP contribution is -2.23. The third kappa shape index (κ3) is 3.75. The molecule has 0 amide bonds. The van der Waals surface area contributed by atoms with Crippen LogP contribution in [0.15, 0.2) is 43.0 Å². The van der Waals surface area contributed by atoms with Crippen molar-refractivity contribution >= 4 is 0 Å². The summed E-state index contributed by atoms with van der Waals surface area (Å²) < 4.78 is 0. The van der Waals surface area contributed by atoms with Gasteiger partial charge in [0.15, 0.2) is 0 Å². The smallest absolute Gasteiger partial charge is 0.0657 e. The zero-order valence-electron chi connectivity index (χ0n) is 8.74. The summed E-state index contributed by atoms with van der Waals surface area (Å²) in [4.78, 5) is 0. The van der Waals surface area contributed by atoms with E-state index >= 15 is 0 Å². The second kappa shape index (κ2) is 4.97. The Hall–Kier alpha value is -1.08. The molecule has 0 saturated carbocycles. The van der Waals surface area contributed by atoms with E-state index in [0.29, 0.717) is 6.42 Å². The molecule has 0 aliphatic heterocycles. The number of rotatable bonds is 5. The van der Waals surface area contributed by atoms with Gasteiger partial charge >= 0.3 is 0 Å². The van der Waals surface area contributed by atoms with Gasteiger partial charge in [-0.25, -0.2) is 0 Å². The summed E-state index contributed by atoms with van der Waals surface area (Å²) in [5, 5.41) is 9.90. The summed E-state index contributed by atoms with van der Waals surface area (Å²) >= 11 is 0. The maximum Gasteiger partial charge on any atom is 0.0657 e. The number of aliphatic hydroxyl groups is 1. The summed E-state index contributed by atoms with van der Waals surface area (Å²) in [6.07, 6.45) is 4.12. The van der Waals surface area contributed by atoms with Crippen molar-refractivity contribution in [2.24, 2.45) is 0 Å². The molecule has 0 aliphatic rings. The molecule has 0 radical (unpaired) electrons. The molecule has 1 N–H and O–H groups in total. The molecule has 0 bridgehead atoms. The van der Waals surface area contributed by atoms with Crippen LogP contribution in [-0.4, -0.2) is 10.7 Å². The Balaban J connectivity index is 2.44. The molecule has 0 saturated heterocycles. The molecule has 0 heterocycles. The van der Waals surface area contributed by atoms with Crippen molar-refractivity contribution in [2.75, 3.05) is 0 Å². The Labute approximate surface area is 86.1 Å². The molecule has 0 aliphatic carbocycles. The lowest BCUT2D eigenvalue weighted by Gasteiger charge is -2.21. The Bertz CT molecular complexity index is 275. The van der Waals surface area contributed by atoms with Crippen LogP contribution >= 0.6 is 0 Å². The molecule has 0 spiro atoms. The molecule has 1 aromatic carbocycles. The Morgan fingerprint density at radius 3 is 2.57 bits per heavy atom. The zero-order valence-corrected chi connectivity index (χ0v) is 8.74. The van der Waals surface area contributed by atoms with Gasteiger partial charge in [-0.2, -0.15) is 0 Å². The fourth-order valence-corrected chi connectivity index (χ4v) is 1.47. The average Bonchev–Trinajstić information content (AvgIpc) is 2.17. The lowest BCUT2D eigenvalue weighted by molar-refractivity contribution is 0.0544. The molecule has 76 valence electrons. The Morgan fingerprint density at radius 2 is 2.00 bits per heavy atom. The van der Waals surface area contributed by atoms with Crippen LogP contribution in [-0.2, 0) is 6.42 Å². The van der Waals surface area contributed by atoms with Gasteiger partial charge in [0.2, 0.25) is 0 Å². The van der Waals surface area contributed by atoms with Gasteiger partial charge in [0.05, 0.1) is 5.60 Å². The number of benzene rings is 1. The van der Waals surface area contributed by atoms with Crippen molar-refractivity contribution in [2.45, 2.75) is 31.8 Å². The maximum atomic E-state index is 9.90. The van der Waals surface area contributed by atoms with Crippen LogP contribution < -0.4 is 0 Å². The SMILES string of the molecule is C=CC[C@](C)(O)CCc1ccccc1. The summed E-state index contributed by atoms with van der Waals surface area (Å²) in [6, 6.07) is 10.2. The quantitative estimate of drug-likeness (QED) is 0.708. The van der Waals surface area contributed by atoms with Crippen molar-refractivity contribution < 1.29 is 5.11 Å². The summed E-state index contributed by atoms with van der Waals surface area (Å²) in [7, 11) is 0. The van der Waals surface area contributed by atoms with Crippen LogP contribution in [0.3, 0.4) is 0 Å². The van der Waals surface area contributed by atoms with Gasteiger partial charge in [0.1, 0.15) is 0 Å². The molecule has 1 heteroatoms. The standard InChI is InChI=1S/C13H18O/c1-3-10-13(2,14)11-9-12-7-5-4-6-8-12/h3-8,14H,1,9-11H2,2H3/t13-/m0/s1. The largest absolute Gasteiger partial charge is 0.390 e. The molecule has 1 atom stereocenters. The molecule has 1 nitrogen and oxygen atoms in total. The van der Waals surface area contributed by atoms with Crippen molar-refractivity contribution in [3.8, 4) is 0 Å². The van der Waals surface area contributed by atoms with E-state index < -0.39 is 5.60 Å². The first-order chi connectivity index (χ1) is 6.64. The van der Waals surface area contributed by atoms with Gasteiger partial charge in [0, 0.05) is 0 Å². The van der Waals surface area contributed by atoms with Gasteiger partial charge < -0.3 is 5.11 Å². The van der Waals surface area contributed by atoms with Crippen molar-refractivity contribution in [3.05, 3.63) is 48.6 Å². The highest BCUT2D eigenvalue weighted by Crippen LogP contribution is 2.17. The monoisotopic (exact) mass is 190 g/mol. The molecule has 0 aromatic heterocycles. The van der Waals surface area contributed by atoms with Crippen LogP contribution in [0.2, 0.25) is 0 Å². The molecule has 0 unspecified atom stereocenters. The van der Waals surface area contributed by atoms with Crippen molar-refractivity contribution in [3.63, 3.8) is 0 Å². The Kier molecular flexibility index (Phi) is 3.90. The normalized spacial score (nSPS) is 14.7. The zero-order chi connectivity index (χ0) is 10.4. The van der Waals surface area contributed by atoms with Gasteiger partial charge in [-0.1, -0.05) is 36.4 Å². The number of hydrogen-bond acceptors (Lipinski definition) is 1. The lowest BCUT2D eigenvalue weighted by atomic mass is 9.94. The molecular weight excluding hydrogens is 172 g/mol. The predicted molar refractivity (Wildman–Crippen MR) is 60.2 cm³/mol. The average molecular weight is 190 g/mol. The second-order valence-electron chi connectivity index (χ2n) is 3.98. The fraction of sp³-hybridized carbons (Fsp3) is 0.385. The van der Waals surface area contributed by atoms with E-state index in [1.54, 1.807) is 6.08 Å². The molecular formula is C13H18O. The predicted octanol–water partition coefficient (Wildman–Crippen LogP) is 2.95. The third-order valence-corrected chi connectivity index (χ3v) is 2.38. The molecule has 14 heavy (non-hydrogen) atoms. The van der Waals surface area contributed by atoms with Crippen molar-refractivity contribution in [1.82, 2.24) is 0 Å². The Morgan fingerprint density at radius 1 is 1.36 bits per heavy atom. The highest BCUT2D eigenvalue weighted by atomic mass is 16.3. The van der Waals surface area contributed by atoms with E-state index in [4.69, 9.17) is 0 Å². The summed E-state index contributed by atoms with van der Waals surface area (Å²) in [5.74, 6) is 0. The first-order valence-electron chi connectivity index (χ1n) is 5.01. The minimum Gasteiger partial charge on any atom is -0.390 e. The van der Waals surface area contributed by atoms with Crippen molar-refractivity contribution in [1.29, 1.82) is 0 Å². The minimum atomic E-state index is -0.614. The third-order valence-electron chi connectivity index (χ3n) is 2.38. The summed E-state index contributed by atoms with van der Waals surface area (Å²) in [5.41, 5.74) is 0.661. The molecule has 0 fully saturated rings. The van der Waals surface area contributed by atoms with E-state index in [9.17, 15) is 5.11 Å². The highest BCUT2D eigenvalue weighted by Gasteiger charge is 2.17. The minimum absolute atomic E-state index is 0.614. The van der Waals surface area contributed by atoms with E-state index in [0.717, 1.165) is 12.8 Å². The van der Waals surface area contributed by atoms with Gasteiger partial charge in [0.25, 0.3) is 0 Å². The highest BCUT2D eigenvalue weighted by molar-refractivity contribution is 5.15. The fourth-order valence-electron chi connectivity index (χ4n) is 1.47. The number of hydrogen-bond donors (Lipinski definition) is 1. The summed E-state index contributed by atoms with van der Waals surface area (Å²) in [6.45, 7) is 5.50. The van der Waals surface area contributed by atoms with E-state index in [1.807, 2.05) is 25.1 Å². The van der Waals surface area contributed by atoms with Gasteiger partial charge in [-0.3, -0.25) is 0 Å². The van der Waals surface area contributed by atoms with Gasteiger partial charge in [-0.05, 0) is 31.7 Å². The van der Waals surface area contributed by atoms with E-state index in [1.165, 1.54) is 5.56 Å². The van der Waals surface area contributed by atoms with Crippen LogP contribution in [0, 0.1) is 0 Å². The first kappa shape index (κ1) is 11.0. The van der Waals surface area contributed by atoms with Crippen LogP contribution in [0.1, 0.15) is 25.3 Å². The number of aryl methyl sites for hydroxylation is 1. The topological polar surface area (TPSA) is 20.2 Å². The van der Waals surface area contributed by atoms with Crippen LogP contribution in [0.5, 0.6) is 0 Å². The van der Waals surface area contributed by atoms with Crippen LogP contribution in [0.4, 0.5) is 0 Å². The van der Waals surface area contributed by atoms with Crippen LogP contribution in [0.25, 0.3) is 0 Å². The van der Waals surface area contributed by atoms with Gasteiger partial charge in [-0.15, -0.1) is 6.58 Å². The van der Waals surface area contributed by atoms with E-state index in [2.05, 4.69) is 18.7 Å². The first-order valence-corrected chi connectivity index (χ1v) is 5.01. The molecule has 1 aromatic rings. The maximum absolute atomic E-state index is 9.90. The van der Waals surface area contributed by atoms with E-state index in [-0.39, 0.29) is 0 Å². The second-order valence-corrected chi connectivity index (χ2v) is 3.98.